The zero-order chi connectivity index (χ0) is 20.3. The van der Waals surface area contributed by atoms with Gasteiger partial charge in [0.05, 0.1) is 11.4 Å². The summed E-state index contributed by atoms with van der Waals surface area (Å²) in [7, 11) is -3.44. The number of aromatic nitrogens is 4. The Labute approximate surface area is 162 Å². The Kier molecular flexibility index (Phi) is 5.41. The van der Waals surface area contributed by atoms with Gasteiger partial charge in [0.15, 0.2) is 14.9 Å². The number of pyridine rings is 2. The summed E-state index contributed by atoms with van der Waals surface area (Å²) < 4.78 is 25.3. The molecule has 0 aliphatic rings. The van der Waals surface area contributed by atoms with Crippen LogP contribution in [0, 0.1) is 0 Å². The first kappa shape index (κ1) is 19.5. The molecule has 0 unspecified atom stereocenters. The summed E-state index contributed by atoms with van der Waals surface area (Å²) in [4.78, 5) is 19.8. The lowest BCUT2D eigenvalue weighted by molar-refractivity contribution is -0.114. The Balaban J connectivity index is 2.04. The molecule has 0 aliphatic carbocycles. The molecular formula is C18H20N6O3S. The molecule has 2 N–H and O–H groups in total. The Hall–Kier alpha value is -3.27. The monoisotopic (exact) mass is 400 g/mol. The van der Waals surface area contributed by atoms with Crippen LogP contribution in [0.1, 0.15) is 13.8 Å². The molecule has 0 aliphatic heterocycles. The smallest absolute Gasteiger partial charge is 0.222 e. The van der Waals surface area contributed by atoms with E-state index in [2.05, 4.69) is 25.7 Å². The standard InChI is InChI=1S/C18H20N6O3S/c1-4-24-9-8-14(23-24)13-11-19-17(20-12(2)25)10-15(13)21-16-6-5-7-18(22-16)28(3,26)27/h5-11H,4H2,1-3H3,(H2,19,20,21,22,25). The van der Waals surface area contributed by atoms with Gasteiger partial charge in [0, 0.05) is 43.7 Å². The van der Waals surface area contributed by atoms with Crippen LogP contribution in [-0.4, -0.2) is 40.3 Å². The van der Waals surface area contributed by atoms with Crippen molar-refractivity contribution < 1.29 is 13.2 Å². The molecule has 0 fully saturated rings. The molecule has 3 aromatic rings. The number of hydrogen-bond acceptors (Lipinski definition) is 7. The van der Waals surface area contributed by atoms with Crippen molar-refractivity contribution in [1.29, 1.82) is 0 Å². The molecular weight excluding hydrogens is 380 g/mol. The fraction of sp³-hybridized carbons (Fsp3) is 0.222. The maximum Gasteiger partial charge on any atom is 0.222 e. The Morgan fingerprint density at radius 3 is 2.64 bits per heavy atom. The molecule has 9 nitrogen and oxygen atoms in total. The van der Waals surface area contributed by atoms with E-state index in [0.717, 1.165) is 12.8 Å². The van der Waals surface area contributed by atoms with Gasteiger partial charge in [0.2, 0.25) is 5.91 Å². The van der Waals surface area contributed by atoms with Crippen LogP contribution in [0.2, 0.25) is 0 Å². The highest BCUT2D eigenvalue weighted by molar-refractivity contribution is 7.90. The number of hydrogen-bond donors (Lipinski definition) is 2. The molecule has 0 saturated heterocycles. The zero-order valence-corrected chi connectivity index (χ0v) is 16.5. The SMILES string of the molecule is CCn1ccc(-c2cnc(NC(C)=O)cc2Nc2cccc(S(C)(=O)=O)n2)n1. The van der Waals surface area contributed by atoms with Crippen molar-refractivity contribution in [3.05, 3.63) is 42.7 Å². The number of sulfone groups is 1. The molecule has 0 spiro atoms. The first-order valence-corrected chi connectivity index (χ1v) is 10.4. The molecule has 0 radical (unpaired) electrons. The second-order valence-electron chi connectivity index (χ2n) is 6.11. The number of amides is 1. The van der Waals surface area contributed by atoms with Crippen molar-refractivity contribution in [3.8, 4) is 11.3 Å². The largest absolute Gasteiger partial charge is 0.339 e. The quantitative estimate of drug-likeness (QED) is 0.652. The minimum absolute atomic E-state index is 0.0366. The molecule has 1 amide bonds. The summed E-state index contributed by atoms with van der Waals surface area (Å²) in [5, 5.41) is 10.2. The molecule has 0 atom stereocenters. The molecule has 3 rings (SSSR count). The van der Waals surface area contributed by atoms with Crippen LogP contribution in [0.25, 0.3) is 11.3 Å². The first-order chi connectivity index (χ1) is 13.3. The minimum atomic E-state index is -3.44. The van der Waals surface area contributed by atoms with Crippen molar-refractivity contribution in [2.24, 2.45) is 0 Å². The molecule has 0 bridgehead atoms. The van der Waals surface area contributed by atoms with E-state index in [1.54, 1.807) is 29.1 Å². The number of carbonyl (C=O) groups is 1. The maximum absolute atomic E-state index is 11.8. The van der Waals surface area contributed by atoms with Gasteiger partial charge < -0.3 is 10.6 Å². The van der Waals surface area contributed by atoms with Crippen molar-refractivity contribution in [1.82, 2.24) is 19.7 Å². The third-order valence-electron chi connectivity index (χ3n) is 3.81. The lowest BCUT2D eigenvalue weighted by Gasteiger charge is -2.12. The lowest BCUT2D eigenvalue weighted by Crippen LogP contribution is -2.08. The van der Waals surface area contributed by atoms with Crippen molar-refractivity contribution in [3.63, 3.8) is 0 Å². The van der Waals surface area contributed by atoms with Crippen molar-refractivity contribution >= 4 is 33.1 Å². The number of carbonyl (C=O) groups excluding carboxylic acids is 1. The number of rotatable bonds is 6. The third-order valence-corrected chi connectivity index (χ3v) is 4.80. The van der Waals surface area contributed by atoms with Crippen LogP contribution in [0.3, 0.4) is 0 Å². The maximum atomic E-state index is 11.8. The average Bonchev–Trinajstić information content (AvgIpc) is 3.10. The number of nitrogens with one attached hydrogen (secondary N) is 2. The second-order valence-corrected chi connectivity index (χ2v) is 8.07. The molecule has 28 heavy (non-hydrogen) atoms. The Morgan fingerprint density at radius 1 is 1.21 bits per heavy atom. The van der Waals surface area contributed by atoms with Gasteiger partial charge in [-0.05, 0) is 25.1 Å². The van der Waals surface area contributed by atoms with Crippen LogP contribution in [-0.2, 0) is 21.2 Å². The summed E-state index contributed by atoms with van der Waals surface area (Å²) in [6.07, 6.45) is 4.54. The number of nitrogens with zero attached hydrogens (tertiary/aromatic N) is 4. The molecule has 10 heteroatoms. The van der Waals surface area contributed by atoms with Gasteiger partial charge in [-0.1, -0.05) is 6.07 Å². The predicted molar refractivity (Wildman–Crippen MR) is 106 cm³/mol. The molecule has 3 aromatic heterocycles. The van der Waals surface area contributed by atoms with E-state index in [-0.39, 0.29) is 10.9 Å². The van der Waals surface area contributed by atoms with E-state index in [9.17, 15) is 13.2 Å². The normalized spacial score (nSPS) is 11.2. The zero-order valence-electron chi connectivity index (χ0n) is 15.7. The van der Waals surface area contributed by atoms with Crippen LogP contribution >= 0.6 is 0 Å². The van der Waals surface area contributed by atoms with E-state index in [4.69, 9.17) is 0 Å². The van der Waals surface area contributed by atoms with E-state index in [0.29, 0.717) is 28.6 Å². The fourth-order valence-electron chi connectivity index (χ4n) is 2.52. The molecule has 146 valence electrons. The predicted octanol–water partition coefficient (Wildman–Crippen LogP) is 2.47. The van der Waals surface area contributed by atoms with Gasteiger partial charge in [-0.3, -0.25) is 9.48 Å². The van der Waals surface area contributed by atoms with Crippen LogP contribution in [0.15, 0.2) is 47.8 Å². The van der Waals surface area contributed by atoms with Gasteiger partial charge in [-0.15, -0.1) is 0 Å². The van der Waals surface area contributed by atoms with Crippen LogP contribution < -0.4 is 10.6 Å². The summed E-state index contributed by atoms with van der Waals surface area (Å²) in [5.41, 5.74) is 1.96. The Morgan fingerprint density at radius 2 is 2.00 bits per heavy atom. The summed E-state index contributed by atoms with van der Waals surface area (Å²) >= 11 is 0. The summed E-state index contributed by atoms with van der Waals surface area (Å²) in [5.74, 6) is 0.450. The van der Waals surface area contributed by atoms with Crippen LogP contribution in [0.5, 0.6) is 0 Å². The summed E-state index contributed by atoms with van der Waals surface area (Å²) in [6.45, 7) is 4.09. The highest BCUT2D eigenvalue weighted by atomic mass is 32.2. The first-order valence-electron chi connectivity index (χ1n) is 8.52. The highest BCUT2D eigenvalue weighted by Crippen LogP contribution is 2.30. The van der Waals surface area contributed by atoms with E-state index in [1.807, 2.05) is 19.2 Å². The second kappa shape index (κ2) is 7.77. The van der Waals surface area contributed by atoms with Gasteiger partial charge in [-0.25, -0.2) is 18.4 Å². The van der Waals surface area contributed by atoms with Gasteiger partial charge in [-0.2, -0.15) is 5.10 Å². The number of anilines is 3. The lowest BCUT2D eigenvalue weighted by atomic mass is 10.1. The topological polar surface area (TPSA) is 119 Å². The van der Waals surface area contributed by atoms with Gasteiger partial charge in [0.1, 0.15) is 11.6 Å². The fourth-order valence-corrected chi connectivity index (χ4v) is 3.11. The van der Waals surface area contributed by atoms with E-state index >= 15 is 0 Å². The third kappa shape index (κ3) is 4.52. The minimum Gasteiger partial charge on any atom is -0.339 e. The van der Waals surface area contributed by atoms with Crippen molar-refractivity contribution in [2.45, 2.75) is 25.4 Å². The Bertz CT molecular complexity index is 1120. The molecule has 3 heterocycles. The average molecular weight is 400 g/mol. The summed E-state index contributed by atoms with van der Waals surface area (Å²) in [6, 6.07) is 8.19. The van der Waals surface area contributed by atoms with Gasteiger partial charge in [0.25, 0.3) is 0 Å². The van der Waals surface area contributed by atoms with Gasteiger partial charge >= 0.3 is 0 Å². The molecule has 0 saturated carbocycles. The number of aryl methyl sites for hydroxylation is 1. The van der Waals surface area contributed by atoms with Crippen LogP contribution in [0.4, 0.5) is 17.3 Å². The molecule has 0 aromatic carbocycles. The van der Waals surface area contributed by atoms with E-state index in [1.165, 1.54) is 13.0 Å². The highest BCUT2D eigenvalue weighted by Gasteiger charge is 2.14. The van der Waals surface area contributed by atoms with Crippen molar-refractivity contribution in [2.75, 3.05) is 16.9 Å². The van der Waals surface area contributed by atoms with E-state index < -0.39 is 9.84 Å².